The molecule has 0 aromatic heterocycles. The fourth-order valence-corrected chi connectivity index (χ4v) is 10.7. The minimum absolute atomic E-state index is 0.000723. The number of carbonyl (C=O) groups excluding carboxylic acids is 3. The van der Waals surface area contributed by atoms with E-state index in [1.807, 2.05) is 66.4 Å². The molecule has 9 heteroatoms. The second kappa shape index (κ2) is 14.7. The zero-order chi connectivity index (χ0) is 33.9. The number of anilines is 2. The molecule has 8 nitrogen and oxygen atoms in total. The van der Waals surface area contributed by atoms with E-state index in [-0.39, 0.29) is 42.0 Å². The van der Waals surface area contributed by atoms with Crippen LogP contribution in [0, 0.1) is 17.8 Å². The molecule has 3 amide bonds. The third-order valence-electron chi connectivity index (χ3n) is 10.4. The van der Waals surface area contributed by atoms with E-state index in [1.54, 1.807) is 33.7 Å². The normalized spacial score (nSPS) is 26.5. The Bertz CT molecular complexity index is 1450. The summed E-state index contributed by atoms with van der Waals surface area (Å²) in [6.07, 6.45) is 4.98. The first-order chi connectivity index (χ1) is 22.7. The summed E-state index contributed by atoms with van der Waals surface area (Å²) < 4.78 is -0.825. The fraction of sp³-hybridized carbons (Fsp3) is 0.500. The summed E-state index contributed by atoms with van der Waals surface area (Å²) in [6, 6.07) is 15.8. The molecule has 1 spiro atoms. The quantitative estimate of drug-likeness (QED) is 0.253. The van der Waals surface area contributed by atoms with Gasteiger partial charge in [0.15, 0.2) is 0 Å². The summed E-state index contributed by atoms with van der Waals surface area (Å²) in [4.78, 5) is 52.0. The van der Waals surface area contributed by atoms with E-state index in [4.69, 9.17) is 0 Å². The summed E-state index contributed by atoms with van der Waals surface area (Å²) in [7, 11) is 0. The monoisotopic (exact) mass is 658 g/mol. The zero-order valence-electron chi connectivity index (χ0n) is 28.3. The summed E-state index contributed by atoms with van der Waals surface area (Å²) >= 11 is 1.66. The van der Waals surface area contributed by atoms with E-state index in [0.29, 0.717) is 13.1 Å². The second-order valence-electron chi connectivity index (χ2n) is 12.9. The number of carbonyl (C=O) groups is 3. The molecule has 0 radical (unpaired) electrons. The van der Waals surface area contributed by atoms with Crippen LogP contribution in [0.1, 0.15) is 52.1 Å². The summed E-state index contributed by atoms with van der Waals surface area (Å²) in [6.45, 7) is 18.9. The van der Waals surface area contributed by atoms with E-state index in [9.17, 15) is 14.7 Å². The lowest BCUT2D eigenvalue weighted by molar-refractivity contribution is -0.145. The minimum Gasteiger partial charge on any atom is -0.394 e. The number of hydrogen-bond acceptors (Lipinski definition) is 6. The van der Waals surface area contributed by atoms with Crippen LogP contribution in [-0.4, -0.2) is 88.0 Å². The predicted octanol–water partition coefficient (Wildman–Crippen LogP) is 5.55. The van der Waals surface area contributed by atoms with E-state index < -0.39 is 28.7 Å². The van der Waals surface area contributed by atoms with Gasteiger partial charge in [-0.2, -0.15) is 0 Å². The van der Waals surface area contributed by atoms with Crippen molar-refractivity contribution in [1.82, 2.24) is 9.80 Å². The van der Waals surface area contributed by atoms with Crippen molar-refractivity contribution in [2.24, 2.45) is 17.8 Å². The van der Waals surface area contributed by atoms with E-state index in [1.165, 1.54) is 0 Å². The van der Waals surface area contributed by atoms with Crippen molar-refractivity contribution in [3.05, 3.63) is 85.5 Å². The van der Waals surface area contributed by atoms with Crippen molar-refractivity contribution in [3.63, 3.8) is 0 Å². The van der Waals surface area contributed by atoms with Crippen molar-refractivity contribution in [2.45, 2.75) is 62.6 Å². The molecule has 2 aromatic carbocycles. The van der Waals surface area contributed by atoms with E-state index >= 15 is 4.79 Å². The number of aliphatic hydroxyl groups excluding tert-OH is 1. The Morgan fingerprint density at radius 1 is 1.00 bits per heavy atom. The highest BCUT2D eigenvalue weighted by molar-refractivity contribution is 8.02. The van der Waals surface area contributed by atoms with Crippen molar-refractivity contribution in [3.8, 4) is 0 Å². The van der Waals surface area contributed by atoms with E-state index in [0.717, 1.165) is 42.9 Å². The highest BCUT2D eigenvalue weighted by Gasteiger charge is 2.77. The zero-order valence-corrected chi connectivity index (χ0v) is 29.1. The molecular formula is C38H50N4O4S. The Labute approximate surface area is 284 Å². The molecule has 3 fully saturated rings. The summed E-state index contributed by atoms with van der Waals surface area (Å²) in [5.41, 5.74) is 2.54. The van der Waals surface area contributed by atoms with Gasteiger partial charge in [-0.3, -0.25) is 14.4 Å². The van der Waals surface area contributed by atoms with Crippen LogP contribution in [0.25, 0.3) is 0 Å². The molecule has 3 heterocycles. The van der Waals surface area contributed by atoms with Crippen molar-refractivity contribution in [1.29, 1.82) is 0 Å². The van der Waals surface area contributed by atoms with Gasteiger partial charge in [0.25, 0.3) is 5.91 Å². The SMILES string of the molecule is C=CCN(CCC)C(=O)[C@@H]1[C@H]2C(=O)N([C@H](CO)c3ccccc3)C(C(=O)N(CC=C)c3ccc(N(CC)CC)cc3)C23S[C@@H]1CC3C. The maximum atomic E-state index is 15.2. The van der Waals surface area contributed by atoms with Crippen LogP contribution >= 0.6 is 11.8 Å². The molecule has 3 aliphatic rings. The average molecular weight is 659 g/mol. The number of rotatable bonds is 15. The number of likely N-dealkylation sites (tertiary alicyclic amines) is 1. The number of amides is 3. The van der Waals surface area contributed by atoms with Crippen LogP contribution in [0.3, 0.4) is 0 Å². The average Bonchev–Trinajstić information content (AvgIpc) is 3.68. The second-order valence-corrected chi connectivity index (χ2v) is 14.5. The Morgan fingerprint density at radius 3 is 2.21 bits per heavy atom. The van der Waals surface area contributed by atoms with Gasteiger partial charge in [0.05, 0.1) is 29.2 Å². The first-order valence-corrected chi connectivity index (χ1v) is 17.9. The number of aliphatic hydroxyl groups is 1. The Balaban J connectivity index is 1.64. The molecule has 47 heavy (non-hydrogen) atoms. The van der Waals surface area contributed by atoms with Gasteiger partial charge < -0.3 is 24.7 Å². The maximum absolute atomic E-state index is 15.2. The van der Waals surface area contributed by atoms with Gasteiger partial charge in [-0.05, 0) is 62.4 Å². The highest BCUT2D eigenvalue weighted by Crippen LogP contribution is 2.69. The molecular weight excluding hydrogens is 609 g/mol. The topological polar surface area (TPSA) is 84.4 Å². The van der Waals surface area contributed by atoms with Crippen molar-refractivity contribution in [2.75, 3.05) is 49.1 Å². The van der Waals surface area contributed by atoms with Gasteiger partial charge in [0, 0.05) is 49.3 Å². The predicted molar refractivity (Wildman–Crippen MR) is 191 cm³/mol. The number of hydrogen-bond donors (Lipinski definition) is 1. The van der Waals surface area contributed by atoms with Gasteiger partial charge in [-0.1, -0.05) is 56.3 Å². The van der Waals surface area contributed by atoms with Crippen LogP contribution in [-0.2, 0) is 14.4 Å². The number of benzene rings is 2. The smallest absolute Gasteiger partial charge is 0.251 e. The molecule has 2 aromatic rings. The van der Waals surface area contributed by atoms with Gasteiger partial charge in [-0.15, -0.1) is 24.9 Å². The highest BCUT2D eigenvalue weighted by atomic mass is 32.2. The van der Waals surface area contributed by atoms with Gasteiger partial charge in [0.2, 0.25) is 11.8 Å². The van der Waals surface area contributed by atoms with Crippen molar-refractivity contribution >= 4 is 40.9 Å². The lowest BCUT2D eigenvalue weighted by Gasteiger charge is -2.42. The molecule has 3 saturated heterocycles. The third-order valence-corrected chi connectivity index (χ3v) is 12.5. The Kier molecular flexibility index (Phi) is 10.9. The van der Waals surface area contributed by atoms with Crippen LogP contribution in [0.15, 0.2) is 79.9 Å². The first kappa shape index (κ1) is 34.8. The number of thioether (sulfide) groups is 1. The molecule has 7 atom stereocenters. The molecule has 1 N–H and O–H groups in total. The van der Waals surface area contributed by atoms with Crippen molar-refractivity contribution < 1.29 is 19.5 Å². The third kappa shape index (κ3) is 5.90. The van der Waals surface area contributed by atoms with Gasteiger partial charge in [0.1, 0.15) is 6.04 Å². The van der Waals surface area contributed by atoms with Gasteiger partial charge in [-0.25, -0.2) is 0 Å². The molecule has 3 aliphatic heterocycles. The minimum atomic E-state index is -0.887. The Hall–Kier alpha value is -3.56. The van der Waals surface area contributed by atoms with Gasteiger partial charge >= 0.3 is 0 Å². The molecule has 3 unspecified atom stereocenters. The number of fused-ring (bicyclic) bond motifs is 1. The Morgan fingerprint density at radius 2 is 1.64 bits per heavy atom. The standard InChI is InChI=1S/C38H50N4O4S/c1-7-21-40(22-8-2)35(44)32-31-24-26(6)38(47-31)33(32)36(45)42(30(25-43)27-15-13-12-14-16-27)34(38)37(46)41(23-9-3)29-19-17-28(18-20-29)39(10-4)11-5/h7,9,12-20,26,30-34,43H,1,3,8,10-11,21-25H2,2,4-6H3/t26?,30-,31-,32+,33+,34?,38?/m1/s1. The lowest BCUT2D eigenvalue weighted by Crippen LogP contribution is -2.58. The molecule has 5 rings (SSSR count). The molecule has 0 aliphatic carbocycles. The summed E-state index contributed by atoms with van der Waals surface area (Å²) in [5, 5.41) is 10.8. The van der Waals surface area contributed by atoms with Crippen LogP contribution < -0.4 is 9.80 Å². The van der Waals surface area contributed by atoms with Crippen LogP contribution in [0.5, 0.6) is 0 Å². The molecule has 252 valence electrons. The fourth-order valence-electron chi connectivity index (χ4n) is 8.35. The molecule has 0 saturated carbocycles. The first-order valence-electron chi connectivity index (χ1n) is 17.1. The lowest BCUT2D eigenvalue weighted by atomic mass is 9.65. The van der Waals surface area contributed by atoms with E-state index in [2.05, 4.69) is 38.8 Å². The number of nitrogens with zero attached hydrogens (tertiary/aromatic N) is 4. The molecule has 2 bridgehead atoms. The van der Waals surface area contributed by atoms with Crippen LogP contribution in [0.2, 0.25) is 0 Å². The largest absolute Gasteiger partial charge is 0.394 e. The van der Waals surface area contributed by atoms with Crippen LogP contribution in [0.4, 0.5) is 11.4 Å². The maximum Gasteiger partial charge on any atom is 0.251 e. The summed E-state index contributed by atoms with van der Waals surface area (Å²) in [5.74, 6) is -1.71.